The Morgan fingerprint density at radius 1 is 0.697 bits per heavy atom. The van der Waals surface area contributed by atoms with Gasteiger partial charge in [-0.25, -0.2) is 9.59 Å². The van der Waals surface area contributed by atoms with Crippen LogP contribution in [0.15, 0.2) is 54.6 Å². The Morgan fingerprint density at radius 2 is 1.21 bits per heavy atom. The van der Waals surface area contributed by atoms with Gasteiger partial charge in [-0.05, 0) is 60.0 Å². The summed E-state index contributed by atoms with van der Waals surface area (Å²) in [6, 6.07) is 14.5. The van der Waals surface area contributed by atoms with E-state index in [-0.39, 0.29) is 13.1 Å². The third-order valence-corrected chi connectivity index (χ3v) is 5.83. The van der Waals surface area contributed by atoms with Crippen molar-refractivity contribution in [3.8, 4) is 0 Å². The molecule has 0 atom stereocenters. The molecule has 33 heavy (non-hydrogen) atoms. The Kier molecular flexibility index (Phi) is 8.69. The van der Waals surface area contributed by atoms with Crippen molar-refractivity contribution in [3.63, 3.8) is 0 Å². The smallest absolute Gasteiger partial charge is 0.319 e. The van der Waals surface area contributed by atoms with Crippen LogP contribution >= 0.6 is 46.4 Å². The Balaban J connectivity index is 1.55. The fourth-order valence-corrected chi connectivity index (χ4v) is 3.81. The Labute approximate surface area is 211 Å². The lowest BCUT2D eigenvalue weighted by Gasteiger charge is -2.13. The average Bonchev–Trinajstić information content (AvgIpc) is 2.75. The molecule has 0 spiro atoms. The number of halogens is 4. The molecule has 0 aliphatic carbocycles. The van der Waals surface area contributed by atoms with Crippen LogP contribution in [0.1, 0.15) is 16.7 Å². The van der Waals surface area contributed by atoms with E-state index < -0.39 is 12.1 Å². The molecule has 10 heteroatoms. The van der Waals surface area contributed by atoms with Crippen LogP contribution in [0.25, 0.3) is 0 Å². The Hall–Kier alpha value is -2.64. The number of hydrogen-bond donors (Lipinski definition) is 4. The number of nitrogens with one attached hydrogen (secondary N) is 4. The average molecular weight is 526 g/mol. The summed E-state index contributed by atoms with van der Waals surface area (Å²) in [7, 11) is 0. The largest absolute Gasteiger partial charge is 0.334 e. The molecule has 3 rings (SSSR count). The normalized spacial score (nSPS) is 10.5. The van der Waals surface area contributed by atoms with E-state index in [4.69, 9.17) is 46.4 Å². The maximum Gasteiger partial charge on any atom is 0.319 e. The van der Waals surface area contributed by atoms with Crippen molar-refractivity contribution in [2.75, 3.05) is 10.6 Å². The highest BCUT2D eigenvalue weighted by atomic mass is 35.5. The van der Waals surface area contributed by atoms with Gasteiger partial charge in [0.15, 0.2) is 0 Å². The summed E-state index contributed by atoms with van der Waals surface area (Å²) in [6.07, 6.45) is 0. The molecule has 0 aromatic heterocycles. The summed E-state index contributed by atoms with van der Waals surface area (Å²) < 4.78 is 0. The maximum atomic E-state index is 12.4. The van der Waals surface area contributed by atoms with E-state index in [0.29, 0.717) is 31.5 Å². The minimum absolute atomic E-state index is 0.231. The quantitative estimate of drug-likeness (QED) is 0.273. The first-order chi connectivity index (χ1) is 15.7. The second-order valence-electron chi connectivity index (χ2n) is 7.12. The second-order valence-corrected chi connectivity index (χ2v) is 8.80. The number of anilines is 2. The van der Waals surface area contributed by atoms with Crippen LogP contribution in [0.4, 0.5) is 21.0 Å². The molecule has 6 nitrogen and oxygen atoms in total. The van der Waals surface area contributed by atoms with Gasteiger partial charge in [-0.3, -0.25) is 0 Å². The topological polar surface area (TPSA) is 82.3 Å². The fourth-order valence-electron chi connectivity index (χ4n) is 2.86. The third-order valence-electron chi connectivity index (χ3n) is 4.65. The number of rotatable bonds is 6. The van der Waals surface area contributed by atoms with Crippen molar-refractivity contribution < 1.29 is 9.59 Å². The molecule has 3 aromatic carbocycles. The highest BCUT2D eigenvalue weighted by molar-refractivity contribution is 6.35. The highest BCUT2D eigenvalue weighted by Gasteiger charge is 2.10. The molecule has 0 heterocycles. The number of amides is 4. The zero-order valence-electron chi connectivity index (χ0n) is 17.4. The van der Waals surface area contributed by atoms with Crippen molar-refractivity contribution in [1.82, 2.24) is 10.6 Å². The van der Waals surface area contributed by atoms with E-state index in [9.17, 15) is 9.59 Å². The number of urea groups is 2. The van der Waals surface area contributed by atoms with Gasteiger partial charge in [-0.15, -0.1) is 0 Å². The van der Waals surface area contributed by atoms with Gasteiger partial charge in [0.05, 0.1) is 0 Å². The summed E-state index contributed by atoms with van der Waals surface area (Å²) in [4.78, 5) is 24.6. The predicted molar refractivity (Wildman–Crippen MR) is 136 cm³/mol. The van der Waals surface area contributed by atoms with Crippen molar-refractivity contribution in [3.05, 3.63) is 91.4 Å². The first-order valence-corrected chi connectivity index (χ1v) is 11.3. The van der Waals surface area contributed by atoms with Crippen LogP contribution < -0.4 is 21.3 Å². The molecule has 0 aliphatic heterocycles. The summed E-state index contributed by atoms with van der Waals surface area (Å²) in [5.74, 6) is 0. The zero-order valence-corrected chi connectivity index (χ0v) is 20.5. The van der Waals surface area contributed by atoms with Crippen molar-refractivity contribution in [2.24, 2.45) is 0 Å². The van der Waals surface area contributed by atoms with Crippen molar-refractivity contribution in [1.29, 1.82) is 0 Å². The summed E-state index contributed by atoms with van der Waals surface area (Å²) >= 11 is 24.0. The van der Waals surface area contributed by atoms with Crippen LogP contribution in [-0.2, 0) is 13.1 Å². The van der Waals surface area contributed by atoms with E-state index in [1.807, 2.05) is 6.92 Å². The Morgan fingerprint density at radius 3 is 1.73 bits per heavy atom. The highest BCUT2D eigenvalue weighted by Crippen LogP contribution is 2.23. The van der Waals surface area contributed by atoms with E-state index in [0.717, 1.165) is 16.7 Å². The lowest BCUT2D eigenvalue weighted by Crippen LogP contribution is -2.29. The van der Waals surface area contributed by atoms with Gasteiger partial charge in [0.1, 0.15) is 0 Å². The van der Waals surface area contributed by atoms with E-state index in [1.165, 1.54) is 0 Å². The van der Waals surface area contributed by atoms with Gasteiger partial charge < -0.3 is 21.3 Å². The number of benzene rings is 3. The standard InChI is InChI=1S/C23H20Cl4N4O2/c1-13-2-7-18(30-22(32)28-11-14-3-5-16(24)8-19(14)26)10-21(13)31-23(33)29-12-15-4-6-17(25)9-20(15)27/h2-10H,11-12H2,1H3,(H2,28,30,32)(H2,29,31,33). The van der Waals surface area contributed by atoms with Crippen LogP contribution in [0.5, 0.6) is 0 Å². The SMILES string of the molecule is Cc1ccc(NC(=O)NCc2ccc(Cl)cc2Cl)cc1NC(=O)NCc1ccc(Cl)cc1Cl. The minimum Gasteiger partial charge on any atom is -0.334 e. The van der Waals surface area contributed by atoms with E-state index in [1.54, 1.807) is 54.6 Å². The van der Waals surface area contributed by atoms with E-state index in [2.05, 4.69) is 21.3 Å². The first-order valence-electron chi connectivity index (χ1n) is 9.79. The maximum absolute atomic E-state index is 12.4. The molecule has 0 saturated carbocycles. The van der Waals surface area contributed by atoms with Gasteiger partial charge in [0.25, 0.3) is 0 Å². The molecular weight excluding hydrogens is 506 g/mol. The molecule has 4 amide bonds. The molecule has 0 saturated heterocycles. The summed E-state index contributed by atoms with van der Waals surface area (Å²) in [5.41, 5.74) is 3.36. The van der Waals surface area contributed by atoms with Crippen LogP contribution in [0.2, 0.25) is 20.1 Å². The molecule has 0 aliphatic rings. The predicted octanol–water partition coefficient (Wildman–Crippen LogP) is 7.25. The zero-order chi connectivity index (χ0) is 24.0. The monoisotopic (exact) mass is 524 g/mol. The van der Waals surface area contributed by atoms with Crippen molar-refractivity contribution in [2.45, 2.75) is 20.0 Å². The number of carbonyl (C=O) groups excluding carboxylic acids is 2. The molecule has 0 unspecified atom stereocenters. The summed E-state index contributed by atoms with van der Waals surface area (Å²) in [5, 5.41) is 13.0. The molecule has 0 radical (unpaired) electrons. The second kappa shape index (κ2) is 11.5. The van der Waals surface area contributed by atoms with Gasteiger partial charge in [-0.2, -0.15) is 0 Å². The number of carbonyl (C=O) groups is 2. The number of aryl methyl sites for hydroxylation is 1. The molecule has 0 bridgehead atoms. The molecule has 0 fully saturated rings. The van der Waals surface area contributed by atoms with Crippen LogP contribution in [0.3, 0.4) is 0 Å². The van der Waals surface area contributed by atoms with Gasteiger partial charge >= 0.3 is 12.1 Å². The number of hydrogen-bond acceptors (Lipinski definition) is 2. The van der Waals surface area contributed by atoms with Crippen LogP contribution in [-0.4, -0.2) is 12.1 Å². The van der Waals surface area contributed by atoms with Gasteiger partial charge in [0, 0.05) is 44.6 Å². The lowest BCUT2D eigenvalue weighted by molar-refractivity contribution is 0.251. The van der Waals surface area contributed by atoms with Crippen LogP contribution in [0, 0.1) is 6.92 Å². The third kappa shape index (κ3) is 7.44. The first kappa shape index (κ1) is 25.0. The van der Waals surface area contributed by atoms with E-state index >= 15 is 0 Å². The summed E-state index contributed by atoms with van der Waals surface area (Å²) in [6.45, 7) is 2.31. The molecule has 3 aromatic rings. The van der Waals surface area contributed by atoms with Gasteiger partial charge in [-0.1, -0.05) is 64.6 Å². The Bertz CT molecular complexity index is 1190. The lowest BCUT2D eigenvalue weighted by atomic mass is 10.2. The fraction of sp³-hybridized carbons (Fsp3) is 0.130. The van der Waals surface area contributed by atoms with Gasteiger partial charge in [0.2, 0.25) is 0 Å². The minimum atomic E-state index is -0.419. The van der Waals surface area contributed by atoms with Crippen molar-refractivity contribution >= 4 is 69.8 Å². The molecular formula is C23H20Cl4N4O2. The molecule has 172 valence electrons. The molecule has 4 N–H and O–H groups in total.